The van der Waals surface area contributed by atoms with E-state index in [2.05, 4.69) is 46.9 Å². The van der Waals surface area contributed by atoms with Crippen molar-refractivity contribution in [1.82, 2.24) is 45.7 Å². The number of imidazole rings is 1. The number of aromatic nitrogens is 4. The maximum absolute atomic E-state index is 13.8. The van der Waals surface area contributed by atoms with Crippen LogP contribution in [0.5, 0.6) is 5.75 Å². The van der Waals surface area contributed by atoms with Crippen molar-refractivity contribution in [2.45, 2.75) is 75.0 Å². The van der Waals surface area contributed by atoms with Crippen LogP contribution >= 0.6 is 0 Å². The van der Waals surface area contributed by atoms with Gasteiger partial charge in [0.15, 0.2) is 17.6 Å². The summed E-state index contributed by atoms with van der Waals surface area (Å²) in [6, 6.07) is 23.0. The average molecular weight is 944 g/mol. The lowest BCUT2D eigenvalue weighted by Gasteiger charge is -2.32. The summed E-state index contributed by atoms with van der Waals surface area (Å²) in [4.78, 5) is 79.1. The average Bonchev–Trinajstić information content (AvgIpc) is 3.90. The van der Waals surface area contributed by atoms with Gasteiger partial charge in [0.25, 0.3) is 5.91 Å². The first-order valence-electron chi connectivity index (χ1n) is 22.1. The van der Waals surface area contributed by atoms with Crippen LogP contribution in [0.4, 0.5) is 34.3 Å². The van der Waals surface area contributed by atoms with E-state index in [0.717, 1.165) is 11.1 Å². The van der Waals surface area contributed by atoms with E-state index in [1.54, 1.807) is 36.3 Å². The molecule has 4 atom stereocenters. The number of nitrogens with one attached hydrogen (secondary N) is 6. The number of carbonyl (C=O) groups is 5. The first kappa shape index (κ1) is 48.4. The molecule has 1 saturated heterocycles. The molecule has 1 aliphatic carbocycles. The monoisotopic (exact) mass is 943 g/mol. The number of nitrogens with zero attached hydrogens (tertiary/aromatic N) is 5. The molecule has 0 spiro atoms. The van der Waals surface area contributed by atoms with Crippen LogP contribution in [0.15, 0.2) is 91.3 Å². The molecule has 22 heteroatoms. The Bertz CT molecular complexity index is 2500. The standard InChI is InChI=1S/C46H52F3N11O8/c1-3-35(61)56-33-24-34(37(62)38(33)68-43(64)46(47,48)49)60-26-53-36-39(52-25-32(27-10-6-4-7-11-27)28-12-8-5-9-13-28)57-40(58-41(36)60)42(63)50-20-21-51-44(65)54-30-18-22-59(23-19-30)45(66)55-29-14-16-31(67-2)17-15-29/h4-17,26,30,32-34,37-38,62H,3,18-25H2,1-2H3,(H,50,63)(H,55,66)(H,56,61)(H2,51,54,65)(H,52,57,58)/t33-,34+,37?,38?/m0/s1. The van der Waals surface area contributed by atoms with Crippen molar-refractivity contribution >= 4 is 52.5 Å². The number of alkyl halides is 3. The van der Waals surface area contributed by atoms with E-state index in [-0.39, 0.29) is 73.3 Å². The number of hydrogen-bond donors (Lipinski definition) is 7. The topological polar surface area (TPSA) is 243 Å². The Morgan fingerprint density at radius 3 is 2.13 bits per heavy atom. The number of amides is 6. The van der Waals surface area contributed by atoms with E-state index in [4.69, 9.17) is 9.47 Å². The first-order valence-corrected chi connectivity index (χ1v) is 22.1. The number of aliphatic hydroxyl groups is 1. The van der Waals surface area contributed by atoms with Crippen LogP contribution in [0.2, 0.25) is 0 Å². The maximum Gasteiger partial charge on any atom is 0.490 e. The highest BCUT2D eigenvalue weighted by atomic mass is 19.4. The fourth-order valence-electron chi connectivity index (χ4n) is 8.21. The van der Waals surface area contributed by atoms with Gasteiger partial charge < -0.3 is 55.9 Å². The van der Waals surface area contributed by atoms with E-state index in [1.807, 2.05) is 60.7 Å². The molecule has 7 N–H and O–H groups in total. The minimum Gasteiger partial charge on any atom is -0.497 e. The SMILES string of the molecule is CCC(=O)N[C@H]1C[C@@H](n2cnc3c(NCC(c4ccccc4)c4ccccc4)nc(C(=O)NCCNC(=O)NC4CCN(C(=O)Nc5ccc(OC)cc5)CC4)nc32)C(O)C1OC(=O)C(F)(F)F. The molecule has 19 nitrogen and oxygen atoms in total. The molecule has 3 heterocycles. The Hall–Kier alpha value is -7.49. The van der Waals surface area contributed by atoms with Gasteiger partial charge in [-0.25, -0.2) is 29.3 Å². The van der Waals surface area contributed by atoms with Gasteiger partial charge in [0.1, 0.15) is 17.4 Å². The lowest BCUT2D eigenvalue weighted by molar-refractivity contribution is -0.209. The summed E-state index contributed by atoms with van der Waals surface area (Å²) in [6.07, 6.45) is -6.85. The van der Waals surface area contributed by atoms with Gasteiger partial charge in [0.2, 0.25) is 11.7 Å². The number of benzene rings is 3. The molecule has 1 saturated carbocycles. The van der Waals surface area contributed by atoms with Crippen molar-refractivity contribution in [3.8, 4) is 5.75 Å². The highest BCUT2D eigenvalue weighted by Crippen LogP contribution is 2.37. The number of methoxy groups -OCH3 is 1. The van der Waals surface area contributed by atoms with Gasteiger partial charge in [-0.1, -0.05) is 67.6 Å². The third kappa shape index (κ3) is 11.9. The number of urea groups is 2. The third-order valence-electron chi connectivity index (χ3n) is 11.8. The second-order valence-electron chi connectivity index (χ2n) is 16.2. The number of ether oxygens (including phenoxy) is 2. The number of piperidine rings is 1. The molecule has 3 aromatic carbocycles. The Labute approximate surface area is 388 Å². The fourth-order valence-corrected chi connectivity index (χ4v) is 8.21. The van der Waals surface area contributed by atoms with Crippen molar-refractivity contribution in [3.05, 3.63) is 108 Å². The quantitative estimate of drug-likeness (QED) is 0.0535. The van der Waals surface area contributed by atoms with Crippen molar-refractivity contribution in [1.29, 1.82) is 0 Å². The highest BCUT2D eigenvalue weighted by molar-refractivity contribution is 5.94. The van der Waals surface area contributed by atoms with Gasteiger partial charge in [-0.2, -0.15) is 13.2 Å². The van der Waals surface area contributed by atoms with Gasteiger partial charge in [0, 0.05) is 56.8 Å². The molecular formula is C46H52F3N11O8. The number of fused-ring (bicyclic) bond motifs is 1. The van der Waals surface area contributed by atoms with Crippen LogP contribution in [0, 0.1) is 0 Å². The van der Waals surface area contributed by atoms with E-state index < -0.39 is 54.3 Å². The Morgan fingerprint density at radius 1 is 0.868 bits per heavy atom. The normalized spacial score (nSPS) is 18.4. The number of aliphatic hydroxyl groups excluding tert-OH is 1. The fraction of sp³-hybridized carbons (Fsp3) is 0.391. The van der Waals surface area contributed by atoms with Crippen molar-refractivity contribution in [3.63, 3.8) is 0 Å². The van der Waals surface area contributed by atoms with Gasteiger partial charge >= 0.3 is 24.2 Å². The summed E-state index contributed by atoms with van der Waals surface area (Å²) in [5.74, 6) is -3.58. The molecule has 68 heavy (non-hydrogen) atoms. The lowest BCUT2D eigenvalue weighted by atomic mass is 9.91. The molecule has 360 valence electrons. The Balaban J connectivity index is 1.04. The summed E-state index contributed by atoms with van der Waals surface area (Å²) in [5, 5.41) is 28.5. The molecule has 2 aromatic heterocycles. The van der Waals surface area contributed by atoms with E-state index >= 15 is 0 Å². The maximum atomic E-state index is 13.8. The van der Waals surface area contributed by atoms with Crippen LogP contribution in [0.25, 0.3) is 11.2 Å². The zero-order chi connectivity index (χ0) is 48.4. The molecule has 1 aliphatic heterocycles. The largest absolute Gasteiger partial charge is 0.497 e. The summed E-state index contributed by atoms with van der Waals surface area (Å²) < 4.78 is 51.3. The predicted octanol–water partition coefficient (Wildman–Crippen LogP) is 4.48. The number of halogens is 3. The summed E-state index contributed by atoms with van der Waals surface area (Å²) in [7, 11) is 1.56. The number of hydrogen-bond acceptors (Lipinski definition) is 12. The van der Waals surface area contributed by atoms with Crippen molar-refractivity contribution in [2.75, 3.05) is 50.5 Å². The van der Waals surface area contributed by atoms with Crippen LogP contribution < -0.4 is 36.6 Å². The van der Waals surface area contributed by atoms with E-state index in [1.165, 1.54) is 17.8 Å². The highest BCUT2D eigenvalue weighted by Gasteiger charge is 2.51. The predicted molar refractivity (Wildman–Crippen MR) is 242 cm³/mol. The Morgan fingerprint density at radius 2 is 1.51 bits per heavy atom. The van der Waals surface area contributed by atoms with E-state index in [9.17, 15) is 42.3 Å². The summed E-state index contributed by atoms with van der Waals surface area (Å²) in [6.45, 7) is 2.60. The number of likely N-dealkylation sites (tertiary alicyclic amines) is 1. The molecule has 7 rings (SSSR count). The van der Waals surface area contributed by atoms with Crippen molar-refractivity contribution < 1.29 is 51.7 Å². The number of esters is 1. The zero-order valence-electron chi connectivity index (χ0n) is 37.2. The number of anilines is 2. The smallest absolute Gasteiger partial charge is 0.490 e. The minimum absolute atomic E-state index is 0.0119. The molecule has 2 aliphatic rings. The first-order chi connectivity index (χ1) is 32.7. The number of carbonyl (C=O) groups excluding carboxylic acids is 5. The molecule has 6 amide bonds. The van der Waals surface area contributed by atoms with Gasteiger partial charge in [-0.15, -0.1) is 0 Å². The molecule has 2 fully saturated rings. The van der Waals surface area contributed by atoms with Gasteiger partial charge in [0.05, 0.1) is 25.5 Å². The molecule has 2 unspecified atom stereocenters. The second kappa shape index (κ2) is 21.9. The van der Waals surface area contributed by atoms with Crippen LogP contribution in [-0.4, -0.2) is 130 Å². The van der Waals surface area contributed by atoms with Gasteiger partial charge in [-0.05, 0) is 54.7 Å². The molecule has 0 bridgehead atoms. The zero-order valence-corrected chi connectivity index (χ0v) is 37.2. The third-order valence-corrected chi connectivity index (χ3v) is 11.8. The minimum atomic E-state index is -5.37. The van der Waals surface area contributed by atoms with Gasteiger partial charge in [-0.3, -0.25) is 9.59 Å². The molecular weight excluding hydrogens is 892 g/mol. The Kier molecular flexibility index (Phi) is 15.6. The van der Waals surface area contributed by atoms with Crippen molar-refractivity contribution in [2.24, 2.45) is 0 Å². The molecule has 0 radical (unpaired) electrons. The van der Waals surface area contributed by atoms with Crippen LogP contribution in [-0.2, 0) is 14.3 Å². The summed E-state index contributed by atoms with van der Waals surface area (Å²) in [5.41, 5.74) is 2.74. The summed E-state index contributed by atoms with van der Waals surface area (Å²) >= 11 is 0. The van der Waals surface area contributed by atoms with Crippen LogP contribution in [0.3, 0.4) is 0 Å². The lowest BCUT2D eigenvalue weighted by Crippen LogP contribution is -2.50. The van der Waals surface area contributed by atoms with E-state index in [0.29, 0.717) is 37.4 Å². The molecule has 5 aromatic rings. The van der Waals surface area contributed by atoms with Crippen LogP contribution in [0.1, 0.15) is 66.3 Å². The number of rotatable bonds is 16. The second-order valence-corrected chi connectivity index (χ2v) is 16.2.